The fourth-order valence-electron chi connectivity index (χ4n) is 6.93. The second-order valence-corrected chi connectivity index (χ2v) is 15.0. The normalized spacial score (nSPS) is 43.4. The smallest absolute Gasteiger partial charge is 0.184 e. The molecule has 3 saturated heterocycles. The molecule has 3 rings (SSSR count). The van der Waals surface area contributed by atoms with Crippen molar-refractivity contribution < 1.29 is 48.8 Å². The van der Waals surface area contributed by atoms with E-state index < -0.39 is 85.6 Å². The van der Waals surface area contributed by atoms with Crippen LogP contribution in [0.15, 0.2) is 0 Å². The maximum Gasteiger partial charge on any atom is 0.184 e. The number of aliphatic hydroxyl groups is 4. The first-order chi connectivity index (χ1) is 20.9. The zero-order chi connectivity index (χ0) is 33.9. The van der Waals surface area contributed by atoms with E-state index in [2.05, 4.69) is 31.4 Å². The van der Waals surface area contributed by atoms with E-state index in [1.165, 1.54) is 0 Å². The zero-order valence-corrected chi connectivity index (χ0v) is 28.6. The summed E-state index contributed by atoms with van der Waals surface area (Å²) in [6, 6.07) is 0. The molecule has 14 heteroatoms. The summed E-state index contributed by atoms with van der Waals surface area (Å²) in [5.41, 5.74) is 10.8. The fourth-order valence-corrected chi connectivity index (χ4v) is 6.93. The van der Waals surface area contributed by atoms with Gasteiger partial charge in [0.1, 0.15) is 30.5 Å². The van der Waals surface area contributed by atoms with Gasteiger partial charge in [-0.25, -0.2) is 0 Å². The van der Waals surface area contributed by atoms with Gasteiger partial charge in [0.05, 0.1) is 30.5 Å². The average molecular weight is 651 g/mol. The minimum atomic E-state index is -1.11. The number of rotatable bonds is 12. The maximum absolute atomic E-state index is 11.6. The van der Waals surface area contributed by atoms with E-state index >= 15 is 0 Å². The number of aliphatic hydroxyl groups excluding tert-OH is 4. The lowest BCUT2D eigenvalue weighted by Crippen LogP contribution is -2.64. The minimum Gasteiger partial charge on any atom is -0.394 e. The Kier molecular flexibility index (Phi) is 14.0. The van der Waals surface area contributed by atoms with Gasteiger partial charge >= 0.3 is 0 Å². The molecule has 266 valence electrons. The van der Waals surface area contributed by atoms with Crippen molar-refractivity contribution in [3.63, 3.8) is 0 Å². The largest absolute Gasteiger partial charge is 0.394 e. The van der Waals surface area contributed by atoms with Crippen molar-refractivity contribution in [2.75, 3.05) is 33.0 Å². The van der Waals surface area contributed by atoms with Crippen LogP contribution in [0.25, 0.3) is 0 Å². The molecule has 3 aliphatic heterocycles. The van der Waals surface area contributed by atoms with Crippen LogP contribution in [0.1, 0.15) is 62.3 Å². The topological polar surface area (TPSA) is 212 Å². The van der Waals surface area contributed by atoms with Gasteiger partial charge < -0.3 is 70.9 Å². The van der Waals surface area contributed by atoms with Gasteiger partial charge in [-0.15, -0.1) is 0 Å². The fraction of sp³-hybridized carbons (Fsp3) is 1.00. The average Bonchev–Trinajstić information content (AvgIpc) is 2.95. The molecule has 10 N–H and O–H groups in total. The molecule has 0 aromatic rings. The summed E-state index contributed by atoms with van der Waals surface area (Å²) < 4.78 is 37.4. The highest BCUT2D eigenvalue weighted by Crippen LogP contribution is 2.43. The Hall–Kier alpha value is -0.560. The summed E-state index contributed by atoms with van der Waals surface area (Å²) in [6.07, 6.45) is -9.73. The van der Waals surface area contributed by atoms with Crippen LogP contribution in [0.5, 0.6) is 0 Å². The van der Waals surface area contributed by atoms with Crippen molar-refractivity contribution in [2.24, 2.45) is 40.6 Å². The summed E-state index contributed by atoms with van der Waals surface area (Å²) in [6.45, 7) is 18.2. The van der Waals surface area contributed by atoms with E-state index in [9.17, 15) is 20.4 Å². The predicted octanol–water partition coefficient (Wildman–Crippen LogP) is -0.596. The van der Waals surface area contributed by atoms with Crippen LogP contribution in [-0.2, 0) is 28.4 Å². The van der Waals surface area contributed by atoms with E-state index in [1.807, 2.05) is 27.7 Å². The first-order valence-corrected chi connectivity index (χ1v) is 16.4. The molecule has 0 spiro atoms. The van der Waals surface area contributed by atoms with Crippen molar-refractivity contribution in [3.8, 4) is 0 Å². The van der Waals surface area contributed by atoms with E-state index in [4.69, 9.17) is 39.9 Å². The van der Waals surface area contributed by atoms with Crippen LogP contribution >= 0.6 is 0 Å². The summed E-state index contributed by atoms with van der Waals surface area (Å²) in [4.78, 5) is 0. The van der Waals surface area contributed by atoms with E-state index in [-0.39, 0.29) is 43.2 Å². The van der Waals surface area contributed by atoms with Crippen molar-refractivity contribution in [2.45, 2.75) is 136 Å². The molecule has 3 heterocycles. The van der Waals surface area contributed by atoms with Crippen LogP contribution in [0.2, 0.25) is 0 Å². The second kappa shape index (κ2) is 16.2. The van der Waals surface area contributed by atoms with Gasteiger partial charge in [0.15, 0.2) is 18.9 Å². The zero-order valence-electron chi connectivity index (χ0n) is 28.6. The Morgan fingerprint density at radius 1 is 0.644 bits per heavy atom. The van der Waals surface area contributed by atoms with Gasteiger partial charge in [-0.3, -0.25) is 0 Å². The standard InChI is InChI=1S/C31H62N4O10/c1-15-21(30(4,5)6)18(10-34-13-32)40-29(24(15)39)44-25-19(11-35-14-33)41-27(16(2)22(25)37)43-26-20(12-36)42-28(17(3)23(26)38)45-31(7,8)9/h15-29,34-39H,10-14,32-33H2,1-9H3. The van der Waals surface area contributed by atoms with E-state index in [0.717, 1.165) is 0 Å². The van der Waals surface area contributed by atoms with Crippen LogP contribution in [-0.4, -0.2) is 127 Å². The molecule has 0 aliphatic carbocycles. The number of nitrogens with two attached hydrogens (primary N) is 2. The van der Waals surface area contributed by atoms with Gasteiger partial charge in [0.2, 0.25) is 0 Å². The van der Waals surface area contributed by atoms with Gasteiger partial charge in [0, 0.05) is 38.3 Å². The predicted molar refractivity (Wildman–Crippen MR) is 166 cm³/mol. The Labute approximate surface area is 268 Å². The van der Waals surface area contributed by atoms with E-state index in [0.29, 0.717) is 6.54 Å². The quantitative estimate of drug-likeness (QED) is 0.124. The first kappa shape index (κ1) is 38.9. The lowest BCUT2D eigenvalue weighted by Gasteiger charge is -2.52. The third-order valence-electron chi connectivity index (χ3n) is 9.27. The molecule has 45 heavy (non-hydrogen) atoms. The minimum absolute atomic E-state index is 0.00438. The summed E-state index contributed by atoms with van der Waals surface area (Å²) in [7, 11) is 0. The molecule has 0 aromatic heterocycles. The molecule has 0 radical (unpaired) electrons. The first-order valence-electron chi connectivity index (χ1n) is 16.4. The lowest BCUT2D eigenvalue weighted by atomic mass is 9.67. The molecule has 0 amide bonds. The molecule has 0 saturated carbocycles. The Bertz CT molecular complexity index is 889. The lowest BCUT2D eigenvalue weighted by molar-refractivity contribution is -0.367. The van der Waals surface area contributed by atoms with Crippen molar-refractivity contribution in [3.05, 3.63) is 0 Å². The van der Waals surface area contributed by atoms with E-state index in [1.54, 1.807) is 13.8 Å². The highest BCUT2D eigenvalue weighted by atomic mass is 16.7. The van der Waals surface area contributed by atoms with Crippen molar-refractivity contribution in [1.82, 2.24) is 10.6 Å². The van der Waals surface area contributed by atoms with Crippen LogP contribution in [0.4, 0.5) is 0 Å². The van der Waals surface area contributed by atoms with Crippen molar-refractivity contribution >= 4 is 0 Å². The molecule has 0 aromatic carbocycles. The van der Waals surface area contributed by atoms with Crippen LogP contribution < -0.4 is 22.1 Å². The highest BCUT2D eigenvalue weighted by Gasteiger charge is 2.53. The summed E-state index contributed by atoms with van der Waals surface area (Å²) >= 11 is 0. The Morgan fingerprint density at radius 2 is 1.11 bits per heavy atom. The molecular weight excluding hydrogens is 588 g/mol. The third-order valence-corrected chi connectivity index (χ3v) is 9.27. The number of hydrogen-bond donors (Lipinski definition) is 8. The van der Waals surface area contributed by atoms with Crippen LogP contribution in [0, 0.1) is 29.1 Å². The molecule has 3 aliphatic rings. The highest BCUT2D eigenvalue weighted by molar-refractivity contribution is 4.97. The molecule has 15 unspecified atom stereocenters. The van der Waals surface area contributed by atoms with Gasteiger partial charge in [-0.2, -0.15) is 0 Å². The third kappa shape index (κ3) is 9.54. The SMILES string of the molecule is CC1C(OC(C)(C)C)OC(CO)C(OC2OC(CNCN)C(OC3OC(CNCN)C(C(C)(C)C)C(C)C3O)C(O)C2C)C1O. The van der Waals surface area contributed by atoms with Gasteiger partial charge in [0.25, 0.3) is 0 Å². The van der Waals surface area contributed by atoms with Gasteiger partial charge in [-0.05, 0) is 38.0 Å². The molecular formula is C31H62N4O10. The monoisotopic (exact) mass is 650 g/mol. The molecule has 15 atom stereocenters. The number of ether oxygens (including phenoxy) is 6. The van der Waals surface area contributed by atoms with Crippen molar-refractivity contribution in [1.29, 1.82) is 0 Å². The summed E-state index contributed by atoms with van der Waals surface area (Å²) in [5, 5.41) is 50.6. The summed E-state index contributed by atoms with van der Waals surface area (Å²) in [5.74, 6) is -1.29. The Morgan fingerprint density at radius 3 is 1.62 bits per heavy atom. The molecule has 3 fully saturated rings. The number of hydrogen-bond acceptors (Lipinski definition) is 14. The van der Waals surface area contributed by atoms with Crippen LogP contribution in [0.3, 0.4) is 0 Å². The second-order valence-electron chi connectivity index (χ2n) is 15.0. The maximum atomic E-state index is 11.6. The van der Waals surface area contributed by atoms with Gasteiger partial charge in [-0.1, -0.05) is 41.5 Å². The Balaban J connectivity index is 1.79. The molecule has 0 bridgehead atoms. The molecule has 14 nitrogen and oxygen atoms in total. The number of nitrogens with one attached hydrogen (secondary N) is 2.